The number of nitrogens with zero attached hydrogens (tertiary/aromatic N) is 5. The van der Waals surface area contributed by atoms with Gasteiger partial charge in [0, 0.05) is 25.0 Å². The Balaban J connectivity index is 1.56. The van der Waals surface area contributed by atoms with Crippen molar-refractivity contribution in [1.82, 2.24) is 24.3 Å². The van der Waals surface area contributed by atoms with Crippen molar-refractivity contribution < 1.29 is 9.59 Å². The summed E-state index contributed by atoms with van der Waals surface area (Å²) in [5, 5.41) is 0. The van der Waals surface area contributed by atoms with E-state index in [1.54, 1.807) is 35.6 Å². The van der Waals surface area contributed by atoms with E-state index in [0.29, 0.717) is 25.2 Å². The number of carbonyl (C=O) groups excluding carboxylic acids is 2. The van der Waals surface area contributed by atoms with Crippen molar-refractivity contribution in [3.63, 3.8) is 0 Å². The first-order valence-electron chi connectivity index (χ1n) is 9.54. The Morgan fingerprint density at radius 1 is 1.21 bits per heavy atom. The van der Waals surface area contributed by atoms with E-state index in [0.717, 1.165) is 17.0 Å². The lowest BCUT2D eigenvalue weighted by Gasteiger charge is -2.35. The quantitative estimate of drug-likeness (QED) is 0.687. The van der Waals surface area contributed by atoms with Crippen LogP contribution in [-0.2, 0) is 17.9 Å². The van der Waals surface area contributed by atoms with Crippen LogP contribution < -0.4 is 0 Å². The first-order valence-corrected chi connectivity index (χ1v) is 9.54. The number of hydrogen-bond donors (Lipinski definition) is 0. The van der Waals surface area contributed by atoms with Crippen molar-refractivity contribution in [1.29, 1.82) is 0 Å². The average Bonchev–Trinajstić information content (AvgIpc) is 3.21. The number of hydrogen-bond acceptors (Lipinski definition) is 4. The van der Waals surface area contributed by atoms with Crippen LogP contribution in [-0.4, -0.2) is 49.7 Å². The Morgan fingerprint density at radius 2 is 2.07 bits per heavy atom. The van der Waals surface area contributed by atoms with E-state index in [1.165, 1.54) is 0 Å². The van der Waals surface area contributed by atoms with Crippen LogP contribution in [0.4, 0.5) is 0 Å². The number of carbonyl (C=O) groups is 2. The molecule has 0 radical (unpaired) electrons. The van der Waals surface area contributed by atoms with E-state index in [1.807, 2.05) is 54.0 Å². The van der Waals surface area contributed by atoms with Gasteiger partial charge in [-0.05, 0) is 31.2 Å². The maximum absolute atomic E-state index is 13.2. The van der Waals surface area contributed by atoms with Gasteiger partial charge < -0.3 is 14.4 Å². The van der Waals surface area contributed by atoms with E-state index in [2.05, 4.69) is 9.97 Å². The van der Waals surface area contributed by atoms with Gasteiger partial charge in [-0.25, -0.2) is 4.98 Å². The fraction of sp³-hybridized carbons (Fsp3) is 0.273. The molecule has 0 spiro atoms. The van der Waals surface area contributed by atoms with E-state index in [9.17, 15) is 9.59 Å². The third kappa shape index (κ3) is 3.89. The van der Waals surface area contributed by atoms with E-state index < -0.39 is 6.04 Å². The number of amides is 2. The lowest BCUT2D eigenvalue weighted by molar-refractivity contribution is -0.135. The van der Waals surface area contributed by atoms with Crippen molar-refractivity contribution in [2.75, 3.05) is 13.6 Å². The molecule has 4 rings (SSSR count). The molecule has 0 saturated carbocycles. The van der Waals surface area contributed by atoms with E-state index in [4.69, 9.17) is 0 Å². The summed E-state index contributed by atoms with van der Waals surface area (Å²) in [6.45, 7) is 3.11. The normalized spacial score (nSPS) is 15.7. The van der Waals surface area contributed by atoms with Gasteiger partial charge in [0.1, 0.15) is 6.04 Å². The van der Waals surface area contributed by atoms with Crippen LogP contribution in [0.15, 0.2) is 61.2 Å². The molecule has 1 aliphatic heterocycles. The monoisotopic (exact) mass is 389 g/mol. The highest BCUT2D eigenvalue weighted by Crippen LogP contribution is 2.24. The van der Waals surface area contributed by atoms with Crippen molar-refractivity contribution in [2.45, 2.75) is 26.1 Å². The van der Waals surface area contributed by atoms with Crippen LogP contribution in [0.25, 0.3) is 0 Å². The minimum atomic E-state index is -0.510. The first kappa shape index (κ1) is 18.9. The number of rotatable bonds is 4. The maximum atomic E-state index is 13.2. The van der Waals surface area contributed by atoms with Crippen LogP contribution in [0.1, 0.15) is 33.4 Å². The summed E-state index contributed by atoms with van der Waals surface area (Å²) in [4.78, 5) is 38.2. The molecule has 7 nitrogen and oxygen atoms in total. The van der Waals surface area contributed by atoms with Gasteiger partial charge in [0.25, 0.3) is 5.91 Å². The van der Waals surface area contributed by atoms with Crippen molar-refractivity contribution in [2.24, 2.45) is 0 Å². The van der Waals surface area contributed by atoms with Gasteiger partial charge >= 0.3 is 0 Å². The summed E-state index contributed by atoms with van der Waals surface area (Å²) in [5.74, 6) is -0.150. The molecule has 3 aromatic rings. The fourth-order valence-electron chi connectivity index (χ4n) is 3.67. The molecule has 29 heavy (non-hydrogen) atoms. The van der Waals surface area contributed by atoms with Gasteiger partial charge in [-0.15, -0.1) is 0 Å². The molecule has 7 heteroatoms. The summed E-state index contributed by atoms with van der Waals surface area (Å²) >= 11 is 0. The number of pyridine rings is 1. The molecule has 0 saturated heterocycles. The van der Waals surface area contributed by atoms with Crippen LogP contribution in [0, 0.1) is 6.92 Å². The van der Waals surface area contributed by atoms with E-state index in [-0.39, 0.29) is 11.8 Å². The zero-order valence-corrected chi connectivity index (χ0v) is 16.5. The largest absolute Gasteiger partial charge is 0.338 e. The van der Waals surface area contributed by atoms with Crippen LogP contribution in [0.2, 0.25) is 0 Å². The smallest absolute Gasteiger partial charge is 0.254 e. The zero-order chi connectivity index (χ0) is 20.4. The molecule has 0 N–H and O–H groups in total. The molecule has 0 aliphatic carbocycles. The van der Waals surface area contributed by atoms with Gasteiger partial charge in [0.2, 0.25) is 5.91 Å². The number of imidazole rings is 1. The van der Waals surface area contributed by atoms with Gasteiger partial charge in [-0.1, -0.05) is 23.8 Å². The average molecular weight is 389 g/mol. The molecular weight excluding hydrogens is 366 g/mol. The Labute approximate surface area is 169 Å². The molecule has 3 heterocycles. The Kier molecular flexibility index (Phi) is 5.12. The molecule has 1 aromatic carbocycles. The minimum Gasteiger partial charge on any atom is -0.338 e. The van der Waals surface area contributed by atoms with Crippen LogP contribution in [0.3, 0.4) is 0 Å². The predicted molar refractivity (Wildman–Crippen MR) is 108 cm³/mol. The van der Waals surface area contributed by atoms with Gasteiger partial charge in [-0.3, -0.25) is 14.6 Å². The highest BCUT2D eigenvalue weighted by molar-refractivity contribution is 5.95. The molecule has 148 valence electrons. The molecule has 0 fully saturated rings. The lowest BCUT2D eigenvalue weighted by Crippen LogP contribution is -2.46. The standard InChI is InChI=1S/C22H23N5O2/c1-16-6-5-7-17(10-16)21(28)26-13-19-11-23-15-27(19)20(14-26)22(29)25(2)12-18-8-3-4-9-24-18/h3-11,15,20H,12-14H2,1-2H3/t20-/m1/s1. The third-order valence-corrected chi connectivity index (χ3v) is 5.17. The summed E-state index contributed by atoms with van der Waals surface area (Å²) in [6, 6.07) is 12.6. The number of benzene rings is 1. The third-order valence-electron chi connectivity index (χ3n) is 5.17. The molecule has 0 unspecified atom stereocenters. The number of aromatic nitrogens is 3. The van der Waals surface area contributed by atoms with Crippen molar-refractivity contribution in [3.8, 4) is 0 Å². The molecule has 1 aliphatic rings. The van der Waals surface area contributed by atoms with Crippen LogP contribution in [0.5, 0.6) is 0 Å². The maximum Gasteiger partial charge on any atom is 0.254 e. The second-order valence-corrected chi connectivity index (χ2v) is 7.38. The lowest BCUT2D eigenvalue weighted by atomic mass is 10.1. The molecule has 1 atom stereocenters. The van der Waals surface area contributed by atoms with Crippen molar-refractivity contribution >= 4 is 11.8 Å². The van der Waals surface area contributed by atoms with Gasteiger partial charge in [0.15, 0.2) is 0 Å². The Morgan fingerprint density at radius 3 is 2.83 bits per heavy atom. The second-order valence-electron chi connectivity index (χ2n) is 7.38. The topological polar surface area (TPSA) is 71.3 Å². The number of aryl methyl sites for hydroxylation is 1. The summed E-state index contributed by atoms with van der Waals surface area (Å²) in [7, 11) is 1.76. The van der Waals surface area contributed by atoms with E-state index >= 15 is 0 Å². The Bertz CT molecular complexity index is 1030. The van der Waals surface area contributed by atoms with Gasteiger partial charge in [-0.2, -0.15) is 0 Å². The number of likely N-dealkylation sites (N-methyl/N-ethyl adjacent to an activating group) is 1. The predicted octanol–water partition coefficient (Wildman–Crippen LogP) is 2.44. The fourth-order valence-corrected chi connectivity index (χ4v) is 3.67. The summed E-state index contributed by atoms with van der Waals surface area (Å²) in [5.41, 5.74) is 3.33. The second kappa shape index (κ2) is 7.87. The number of fused-ring (bicyclic) bond motifs is 1. The highest BCUT2D eigenvalue weighted by atomic mass is 16.2. The van der Waals surface area contributed by atoms with Crippen molar-refractivity contribution in [3.05, 3.63) is 83.7 Å². The SMILES string of the molecule is Cc1cccc(C(=O)N2Cc3cncn3[C@@H](C(=O)N(C)Cc3ccccn3)C2)c1. The summed E-state index contributed by atoms with van der Waals surface area (Å²) < 4.78 is 1.87. The van der Waals surface area contributed by atoms with Gasteiger partial charge in [0.05, 0.1) is 37.3 Å². The minimum absolute atomic E-state index is 0.0726. The first-order chi connectivity index (χ1) is 14.0. The molecule has 2 amide bonds. The Hall–Kier alpha value is -3.48. The highest BCUT2D eigenvalue weighted by Gasteiger charge is 2.34. The zero-order valence-electron chi connectivity index (χ0n) is 16.5. The summed E-state index contributed by atoms with van der Waals surface area (Å²) in [6.07, 6.45) is 5.10. The molecule has 0 bridgehead atoms. The molecular formula is C22H23N5O2. The van der Waals surface area contributed by atoms with Crippen LogP contribution >= 0.6 is 0 Å². The molecule has 2 aromatic heterocycles.